The van der Waals surface area contributed by atoms with Crippen LogP contribution >= 0.6 is 12.2 Å². The first-order valence-corrected chi connectivity index (χ1v) is 6.30. The molecule has 0 heterocycles. The summed E-state index contributed by atoms with van der Waals surface area (Å²) < 4.78 is 40.0. The van der Waals surface area contributed by atoms with Gasteiger partial charge in [-0.2, -0.15) is 13.2 Å². The van der Waals surface area contributed by atoms with E-state index in [2.05, 4.69) is 9.64 Å². The van der Waals surface area contributed by atoms with E-state index in [0.717, 1.165) is 6.54 Å². The molecule has 2 N–H and O–H groups in total. The van der Waals surface area contributed by atoms with Crippen LogP contribution in [0.15, 0.2) is 0 Å². The molecule has 0 bridgehead atoms. The van der Waals surface area contributed by atoms with E-state index in [1.165, 1.54) is 0 Å². The van der Waals surface area contributed by atoms with Crippen LogP contribution in [0.4, 0.5) is 13.2 Å². The molecule has 0 aromatic heterocycles. The summed E-state index contributed by atoms with van der Waals surface area (Å²) in [5, 5.41) is 0. The number of nitrogens with two attached hydrogens (primary N) is 1. The van der Waals surface area contributed by atoms with Gasteiger partial charge in [0.1, 0.15) is 6.61 Å². The van der Waals surface area contributed by atoms with Gasteiger partial charge in [0.05, 0.1) is 4.99 Å². The third-order valence-corrected chi connectivity index (χ3v) is 2.58. The van der Waals surface area contributed by atoms with E-state index >= 15 is 0 Å². The number of nitrogens with zero attached hydrogens (tertiary/aromatic N) is 1. The van der Waals surface area contributed by atoms with Crippen LogP contribution in [-0.2, 0) is 4.74 Å². The molecule has 0 atom stereocenters. The highest BCUT2D eigenvalue weighted by atomic mass is 32.1. The van der Waals surface area contributed by atoms with Gasteiger partial charge in [0.15, 0.2) is 0 Å². The SMILES string of the molecule is CC(C)N(CCCOCC(F)(F)F)CCC(N)=S. The van der Waals surface area contributed by atoms with Gasteiger partial charge >= 0.3 is 6.18 Å². The zero-order chi connectivity index (χ0) is 14.2. The number of thiocarbonyl (C=S) groups is 1. The van der Waals surface area contributed by atoms with E-state index in [0.29, 0.717) is 30.4 Å². The van der Waals surface area contributed by atoms with Crippen molar-refractivity contribution in [3.63, 3.8) is 0 Å². The lowest BCUT2D eigenvalue weighted by Crippen LogP contribution is -2.35. The topological polar surface area (TPSA) is 38.5 Å². The molecule has 0 saturated carbocycles. The van der Waals surface area contributed by atoms with E-state index in [-0.39, 0.29) is 6.61 Å². The Labute approximate surface area is 111 Å². The van der Waals surface area contributed by atoms with Gasteiger partial charge in [0.2, 0.25) is 0 Å². The summed E-state index contributed by atoms with van der Waals surface area (Å²) in [4.78, 5) is 2.57. The number of ether oxygens (including phenoxy) is 1. The predicted octanol–water partition coefficient (Wildman–Crippen LogP) is 2.34. The molecule has 0 saturated heterocycles. The molecule has 0 aromatic rings. The second kappa shape index (κ2) is 8.66. The highest BCUT2D eigenvalue weighted by Crippen LogP contribution is 2.14. The maximum absolute atomic E-state index is 11.8. The Balaban J connectivity index is 3.74. The number of rotatable bonds is 9. The lowest BCUT2D eigenvalue weighted by atomic mass is 10.2. The quantitative estimate of drug-likeness (QED) is 0.521. The van der Waals surface area contributed by atoms with Crippen molar-refractivity contribution in [1.82, 2.24) is 4.90 Å². The molecule has 0 aliphatic carbocycles. The Morgan fingerprint density at radius 3 is 2.39 bits per heavy atom. The van der Waals surface area contributed by atoms with E-state index in [1.54, 1.807) is 0 Å². The van der Waals surface area contributed by atoms with E-state index < -0.39 is 12.8 Å². The van der Waals surface area contributed by atoms with Crippen LogP contribution in [0.1, 0.15) is 26.7 Å². The zero-order valence-corrected chi connectivity index (χ0v) is 11.6. The summed E-state index contributed by atoms with van der Waals surface area (Å²) in [6, 6.07) is 0.307. The van der Waals surface area contributed by atoms with Crippen molar-refractivity contribution in [2.75, 3.05) is 26.3 Å². The van der Waals surface area contributed by atoms with Crippen molar-refractivity contribution in [3.05, 3.63) is 0 Å². The van der Waals surface area contributed by atoms with Crippen molar-refractivity contribution < 1.29 is 17.9 Å². The molecule has 0 spiro atoms. The van der Waals surface area contributed by atoms with Crippen LogP contribution in [0.25, 0.3) is 0 Å². The van der Waals surface area contributed by atoms with Crippen LogP contribution in [0.5, 0.6) is 0 Å². The molecule has 0 aliphatic rings. The van der Waals surface area contributed by atoms with Crippen LogP contribution in [0.3, 0.4) is 0 Å². The first kappa shape index (κ1) is 17.6. The van der Waals surface area contributed by atoms with Gasteiger partial charge < -0.3 is 15.4 Å². The van der Waals surface area contributed by atoms with Crippen LogP contribution in [0, 0.1) is 0 Å². The average Bonchev–Trinajstić information content (AvgIpc) is 2.19. The second-order valence-electron chi connectivity index (χ2n) is 4.37. The summed E-state index contributed by atoms with van der Waals surface area (Å²) >= 11 is 4.80. The van der Waals surface area contributed by atoms with Gasteiger partial charge in [0.25, 0.3) is 0 Å². The third kappa shape index (κ3) is 10.7. The summed E-state index contributed by atoms with van der Waals surface area (Å²) in [6.45, 7) is 4.38. The number of alkyl halides is 3. The largest absolute Gasteiger partial charge is 0.411 e. The molecule has 0 aliphatic heterocycles. The van der Waals surface area contributed by atoms with Crippen molar-refractivity contribution in [1.29, 1.82) is 0 Å². The molecule has 0 radical (unpaired) electrons. The van der Waals surface area contributed by atoms with Crippen molar-refractivity contribution >= 4 is 17.2 Å². The minimum Gasteiger partial charge on any atom is -0.393 e. The Kier molecular flexibility index (Phi) is 8.47. The van der Waals surface area contributed by atoms with Gasteiger partial charge in [-0.1, -0.05) is 12.2 Å². The molecule has 0 unspecified atom stereocenters. The van der Waals surface area contributed by atoms with Crippen LogP contribution in [0.2, 0.25) is 0 Å². The van der Waals surface area contributed by atoms with Gasteiger partial charge in [0, 0.05) is 32.2 Å². The highest BCUT2D eigenvalue weighted by molar-refractivity contribution is 7.80. The minimum absolute atomic E-state index is 0.107. The molecular formula is C11H21F3N2OS. The standard InChI is InChI=1S/C11H21F3N2OS/c1-9(2)16(6-4-10(15)18)5-3-7-17-8-11(12,13)14/h9H,3-8H2,1-2H3,(H2,15,18). The summed E-state index contributed by atoms with van der Waals surface area (Å²) in [6.07, 6.45) is -3.06. The van der Waals surface area contributed by atoms with Crippen molar-refractivity contribution in [2.24, 2.45) is 5.73 Å². The lowest BCUT2D eigenvalue weighted by molar-refractivity contribution is -0.174. The van der Waals surface area contributed by atoms with Crippen molar-refractivity contribution in [3.8, 4) is 0 Å². The van der Waals surface area contributed by atoms with Crippen molar-refractivity contribution in [2.45, 2.75) is 38.9 Å². The summed E-state index contributed by atoms with van der Waals surface area (Å²) in [5.41, 5.74) is 5.42. The fourth-order valence-electron chi connectivity index (χ4n) is 1.44. The Hall–Kier alpha value is -0.400. The Bertz CT molecular complexity index is 247. The number of hydrogen-bond acceptors (Lipinski definition) is 3. The fourth-order valence-corrected chi connectivity index (χ4v) is 1.53. The Morgan fingerprint density at radius 1 is 1.33 bits per heavy atom. The zero-order valence-electron chi connectivity index (χ0n) is 10.8. The maximum Gasteiger partial charge on any atom is 0.411 e. The first-order chi connectivity index (χ1) is 8.22. The molecular weight excluding hydrogens is 265 g/mol. The highest BCUT2D eigenvalue weighted by Gasteiger charge is 2.27. The molecule has 18 heavy (non-hydrogen) atoms. The predicted molar refractivity (Wildman–Crippen MR) is 69.6 cm³/mol. The fraction of sp³-hybridized carbons (Fsp3) is 0.909. The second-order valence-corrected chi connectivity index (χ2v) is 4.89. The molecule has 7 heteroatoms. The third-order valence-electron chi connectivity index (χ3n) is 2.38. The molecule has 0 rings (SSSR count). The van der Waals surface area contributed by atoms with Crippen LogP contribution in [-0.4, -0.2) is 48.4 Å². The summed E-state index contributed by atoms with van der Waals surface area (Å²) in [5.74, 6) is 0. The molecule has 0 fully saturated rings. The monoisotopic (exact) mass is 286 g/mol. The molecule has 0 amide bonds. The number of halogens is 3. The smallest absolute Gasteiger partial charge is 0.393 e. The number of hydrogen-bond donors (Lipinski definition) is 1. The minimum atomic E-state index is -4.25. The van der Waals surface area contributed by atoms with Gasteiger partial charge in [-0.05, 0) is 20.3 Å². The first-order valence-electron chi connectivity index (χ1n) is 5.89. The van der Waals surface area contributed by atoms with E-state index in [9.17, 15) is 13.2 Å². The average molecular weight is 286 g/mol. The lowest BCUT2D eigenvalue weighted by Gasteiger charge is -2.26. The van der Waals surface area contributed by atoms with E-state index in [1.807, 2.05) is 13.8 Å². The Morgan fingerprint density at radius 2 is 1.94 bits per heavy atom. The molecule has 108 valence electrons. The van der Waals surface area contributed by atoms with Gasteiger partial charge in [-0.25, -0.2) is 0 Å². The van der Waals surface area contributed by atoms with Crippen LogP contribution < -0.4 is 5.73 Å². The molecule has 3 nitrogen and oxygen atoms in total. The van der Waals surface area contributed by atoms with Gasteiger partial charge in [-0.15, -0.1) is 0 Å². The summed E-state index contributed by atoms with van der Waals surface area (Å²) in [7, 11) is 0. The molecule has 0 aromatic carbocycles. The maximum atomic E-state index is 11.8. The van der Waals surface area contributed by atoms with E-state index in [4.69, 9.17) is 18.0 Å². The normalized spacial score (nSPS) is 12.4. The van der Waals surface area contributed by atoms with Gasteiger partial charge in [-0.3, -0.25) is 0 Å².